The van der Waals surface area contributed by atoms with E-state index in [4.69, 9.17) is 0 Å². The Balaban J connectivity index is 2.27. The molecule has 15 heavy (non-hydrogen) atoms. The average Bonchev–Trinajstić information content (AvgIpc) is 2.26. The van der Waals surface area contributed by atoms with Gasteiger partial charge >= 0.3 is 0 Å². The van der Waals surface area contributed by atoms with E-state index in [1.807, 2.05) is 4.90 Å². The van der Waals surface area contributed by atoms with Crippen LogP contribution in [0.15, 0.2) is 5.18 Å². The zero-order valence-electron chi connectivity index (χ0n) is 9.61. The van der Waals surface area contributed by atoms with Crippen LogP contribution in [0, 0.1) is 10.8 Å². The first-order valence-electron chi connectivity index (χ1n) is 5.73. The molecule has 4 nitrogen and oxygen atoms in total. The monoisotopic (exact) mass is 212 g/mol. The summed E-state index contributed by atoms with van der Waals surface area (Å²) in [5.41, 5.74) is 0. The smallest absolute Gasteiger partial charge is 0.222 e. The predicted octanol–water partition coefficient (Wildman–Crippen LogP) is 2.18. The highest BCUT2D eigenvalue weighted by Gasteiger charge is 2.22. The Bertz CT molecular complexity index is 221. The number of piperidine rings is 1. The maximum Gasteiger partial charge on any atom is 0.222 e. The van der Waals surface area contributed by atoms with Crippen LogP contribution >= 0.6 is 0 Å². The fourth-order valence-electron chi connectivity index (χ4n) is 1.79. The minimum Gasteiger partial charge on any atom is -0.343 e. The van der Waals surface area contributed by atoms with Gasteiger partial charge in [-0.2, -0.15) is 4.91 Å². The second kappa shape index (κ2) is 5.83. The van der Waals surface area contributed by atoms with Crippen molar-refractivity contribution in [2.24, 2.45) is 11.1 Å². The molecule has 1 rings (SSSR count). The van der Waals surface area contributed by atoms with Gasteiger partial charge in [0.1, 0.15) is 0 Å². The Kier molecular flexibility index (Phi) is 4.72. The summed E-state index contributed by atoms with van der Waals surface area (Å²) in [6, 6.07) is -0.0702. The number of hydrogen-bond donors (Lipinski definition) is 0. The summed E-state index contributed by atoms with van der Waals surface area (Å²) in [5.74, 6) is 0.802. The predicted molar refractivity (Wildman–Crippen MR) is 59.5 cm³/mol. The first-order chi connectivity index (χ1) is 7.13. The molecule has 4 heteroatoms. The Hall–Kier alpha value is -0.930. The fourth-order valence-corrected chi connectivity index (χ4v) is 1.79. The molecular formula is C11H20N2O2. The van der Waals surface area contributed by atoms with Crippen molar-refractivity contribution in [2.75, 3.05) is 13.1 Å². The molecule has 0 aromatic heterocycles. The highest BCUT2D eigenvalue weighted by Crippen LogP contribution is 2.15. The van der Waals surface area contributed by atoms with E-state index in [0.29, 0.717) is 25.4 Å². The third-order valence-corrected chi connectivity index (χ3v) is 2.90. The van der Waals surface area contributed by atoms with Crippen molar-refractivity contribution in [2.45, 2.75) is 45.6 Å². The lowest BCUT2D eigenvalue weighted by molar-refractivity contribution is -0.132. The number of hydrogen-bond acceptors (Lipinski definition) is 3. The third kappa shape index (κ3) is 3.98. The summed E-state index contributed by atoms with van der Waals surface area (Å²) in [5, 5.41) is 3.03. The van der Waals surface area contributed by atoms with Gasteiger partial charge in [-0.05, 0) is 25.2 Å². The lowest BCUT2D eigenvalue weighted by Crippen LogP contribution is -2.39. The molecule has 0 atom stereocenters. The van der Waals surface area contributed by atoms with Crippen LogP contribution in [0.5, 0.6) is 0 Å². The van der Waals surface area contributed by atoms with Crippen molar-refractivity contribution in [1.82, 2.24) is 4.90 Å². The van der Waals surface area contributed by atoms with E-state index in [1.54, 1.807) is 0 Å². The van der Waals surface area contributed by atoms with E-state index >= 15 is 0 Å². The second-order valence-corrected chi connectivity index (χ2v) is 4.65. The van der Waals surface area contributed by atoms with Gasteiger partial charge in [0.15, 0.2) is 0 Å². The molecule has 0 bridgehead atoms. The number of rotatable bonds is 4. The van der Waals surface area contributed by atoms with Gasteiger partial charge < -0.3 is 4.90 Å². The van der Waals surface area contributed by atoms with Crippen LogP contribution in [0.3, 0.4) is 0 Å². The van der Waals surface area contributed by atoms with E-state index in [0.717, 1.165) is 19.3 Å². The third-order valence-electron chi connectivity index (χ3n) is 2.90. The molecule has 0 aromatic carbocycles. The first-order valence-corrected chi connectivity index (χ1v) is 5.73. The zero-order chi connectivity index (χ0) is 11.3. The van der Waals surface area contributed by atoms with Crippen LogP contribution in [-0.4, -0.2) is 29.9 Å². The van der Waals surface area contributed by atoms with Gasteiger partial charge in [-0.3, -0.25) is 4.79 Å². The lowest BCUT2D eigenvalue weighted by atomic mass is 10.0. The maximum absolute atomic E-state index is 11.7. The number of carbonyl (C=O) groups is 1. The summed E-state index contributed by atoms with van der Waals surface area (Å²) in [6.07, 6.45) is 3.05. The van der Waals surface area contributed by atoms with Gasteiger partial charge in [0.25, 0.3) is 0 Å². The van der Waals surface area contributed by atoms with E-state index in [1.165, 1.54) is 0 Å². The van der Waals surface area contributed by atoms with Crippen LogP contribution in [0.2, 0.25) is 0 Å². The minimum absolute atomic E-state index is 0.0702. The summed E-state index contributed by atoms with van der Waals surface area (Å²) >= 11 is 0. The summed E-state index contributed by atoms with van der Waals surface area (Å²) in [7, 11) is 0. The van der Waals surface area contributed by atoms with E-state index < -0.39 is 0 Å². The number of nitrogens with zero attached hydrogens (tertiary/aromatic N) is 2. The number of carbonyl (C=O) groups excluding carboxylic acids is 1. The first kappa shape index (κ1) is 12.1. The molecular weight excluding hydrogens is 192 g/mol. The largest absolute Gasteiger partial charge is 0.343 e. The molecule has 1 heterocycles. The van der Waals surface area contributed by atoms with Gasteiger partial charge in [0.2, 0.25) is 5.91 Å². The molecule has 1 aliphatic heterocycles. The Labute approximate surface area is 91.0 Å². The molecule has 1 saturated heterocycles. The average molecular weight is 212 g/mol. The SMILES string of the molecule is CC(C)CCC(=O)N1CCC(N=O)CC1. The van der Waals surface area contributed by atoms with Crippen molar-refractivity contribution >= 4 is 5.91 Å². The van der Waals surface area contributed by atoms with Crippen LogP contribution in [-0.2, 0) is 4.79 Å². The summed E-state index contributed by atoms with van der Waals surface area (Å²) < 4.78 is 0. The van der Waals surface area contributed by atoms with Gasteiger partial charge in [-0.15, -0.1) is 0 Å². The minimum atomic E-state index is -0.0702. The van der Waals surface area contributed by atoms with Gasteiger partial charge in [0.05, 0.1) is 6.04 Å². The molecule has 1 fully saturated rings. The number of amides is 1. The maximum atomic E-state index is 11.7. The fraction of sp³-hybridized carbons (Fsp3) is 0.909. The molecule has 1 amide bonds. The topological polar surface area (TPSA) is 49.7 Å². The summed E-state index contributed by atoms with van der Waals surface area (Å²) in [4.78, 5) is 23.9. The van der Waals surface area contributed by atoms with Crippen molar-refractivity contribution in [3.8, 4) is 0 Å². The van der Waals surface area contributed by atoms with Crippen LogP contribution < -0.4 is 0 Å². The molecule has 0 aromatic rings. The Morgan fingerprint density at radius 3 is 2.47 bits per heavy atom. The molecule has 86 valence electrons. The van der Waals surface area contributed by atoms with E-state index in [-0.39, 0.29) is 11.9 Å². The van der Waals surface area contributed by atoms with Gasteiger partial charge in [0, 0.05) is 19.5 Å². The molecule has 0 unspecified atom stereocenters. The number of likely N-dealkylation sites (tertiary alicyclic amines) is 1. The molecule has 0 spiro atoms. The highest BCUT2D eigenvalue weighted by molar-refractivity contribution is 5.76. The van der Waals surface area contributed by atoms with Crippen LogP contribution in [0.4, 0.5) is 0 Å². The normalized spacial score (nSPS) is 18.2. The zero-order valence-corrected chi connectivity index (χ0v) is 9.61. The molecule has 0 radical (unpaired) electrons. The molecule has 0 aliphatic carbocycles. The summed E-state index contributed by atoms with van der Waals surface area (Å²) in [6.45, 7) is 5.65. The van der Waals surface area contributed by atoms with Gasteiger partial charge in [-0.1, -0.05) is 19.0 Å². The Morgan fingerprint density at radius 2 is 2.00 bits per heavy atom. The number of nitroso groups, excluding NO2 is 1. The van der Waals surface area contributed by atoms with Crippen molar-refractivity contribution < 1.29 is 4.79 Å². The van der Waals surface area contributed by atoms with Gasteiger partial charge in [-0.25, -0.2) is 0 Å². The van der Waals surface area contributed by atoms with Crippen LogP contribution in [0.1, 0.15) is 39.5 Å². The van der Waals surface area contributed by atoms with Crippen molar-refractivity contribution in [3.63, 3.8) is 0 Å². The molecule has 1 aliphatic rings. The Morgan fingerprint density at radius 1 is 1.40 bits per heavy atom. The lowest BCUT2D eigenvalue weighted by Gasteiger charge is -2.29. The highest BCUT2D eigenvalue weighted by atomic mass is 16.3. The van der Waals surface area contributed by atoms with E-state index in [9.17, 15) is 9.70 Å². The van der Waals surface area contributed by atoms with E-state index in [2.05, 4.69) is 19.0 Å². The van der Waals surface area contributed by atoms with Crippen molar-refractivity contribution in [1.29, 1.82) is 0 Å². The molecule has 0 N–H and O–H groups in total. The standard InChI is InChI=1S/C11H20N2O2/c1-9(2)3-4-11(14)13-7-5-10(12-15)6-8-13/h9-10H,3-8H2,1-2H3. The van der Waals surface area contributed by atoms with Crippen LogP contribution in [0.25, 0.3) is 0 Å². The quantitative estimate of drug-likeness (QED) is 0.671. The van der Waals surface area contributed by atoms with Crippen molar-refractivity contribution in [3.05, 3.63) is 4.91 Å². The molecule has 0 saturated carbocycles. The second-order valence-electron chi connectivity index (χ2n) is 4.65.